The lowest BCUT2D eigenvalue weighted by Crippen LogP contribution is -2.14. The van der Waals surface area contributed by atoms with E-state index in [-0.39, 0.29) is 12.6 Å². The first kappa shape index (κ1) is 18.1. The van der Waals surface area contributed by atoms with E-state index in [0.29, 0.717) is 29.3 Å². The third-order valence-electron chi connectivity index (χ3n) is 3.32. The summed E-state index contributed by atoms with van der Waals surface area (Å²) in [7, 11) is 1.34. The van der Waals surface area contributed by atoms with Crippen LogP contribution in [0.5, 0.6) is 5.75 Å². The van der Waals surface area contributed by atoms with Crippen molar-refractivity contribution in [2.45, 2.75) is 13.5 Å². The van der Waals surface area contributed by atoms with Gasteiger partial charge in [0.05, 0.1) is 30.7 Å². The van der Waals surface area contributed by atoms with Crippen molar-refractivity contribution in [3.8, 4) is 5.75 Å². The van der Waals surface area contributed by atoms with Crippen LogP contribution in [0, 0.1) is 0 Å². The number of nitrogen functional groups attached to an aromatic ring is 1. The van der Waals surface area contributed by atoms with Gasteiger partial charge in [-0.25, -0.2) is 9.59 Å². The zero-order valence-electron chi connectivity index (χ0n) is 14.1. The Kier molecular flexibility index (Phi) is 6.22. The van der Waals surface area contributed by atoms with Crippen molar-refractivity contribution in [2.75, 3.05) is 24.8 Å². The Bertz CT molecular complexity index is 744. The number of carbonyl (C=O) groups excluding carboxylic acids is 2. The van der Waals surface area contributed by atoms with Gasteiger partial charge in [-0.15, -0.1) is 0 Å². The zero-order chi connectivity index (χ0) is 18.2. The van der Waals surface area contributed by atoms with Gasteiger partial charge in [-0.3, -0.25) is 5.32 Å². The van der Waals surface area contributed by atoms with E-state index < -0.39 is 6.09 Å². The van der Waals surface area contributed by atoms with Crippen LogP contribution in [-0.2, 0) is 16.1 Å². The van der Waals surface area contributed by atoms with E-state index in [2.05, 4.69) is 10.1 Å². The van der Waals surface area contributed by atoms with Gasteiger partial charge in [0, 0.05) is 6.07 Å². The molecule has 0 radical (unpaired) electrons. The minimum absolute atomic E-state index is 0.279. The monoisotopic (exact) mass is 344 g/mol. The number of rotatable bonds is 6. The fraction of sp³-hybridized carbons (Fsp3) is 0.222. The number of amides is 1. The number of nitrogens with one attached hydrogen (secondary N) is 1. The van der Waals surface area contributed by atoms with E-state index in [1.807, 2.05) is 0 Å². The van der Waals surface area contributed by atoms with Crippen molar-refractivity contribution in [3.63, 3.8) is 0 Å². The topological polar surface area (TPSA) is 99.9 Å². The molecule has 7 nitrogen and oxygen atoms in total. The molecule has 0 bridgehead atoms. The molecule has 0 saturated heterocycles. The Morgan fingerprint density at radius 2 is 1.84 bits per heavy atom. The highest BCUT2D eigenvalue weighted by molar-refractivity contribution is 5.89. The molecule has 2 aromatic rings. The Labute approximate surface area is 145 Å². The number of ether oxygens (including phenoxy) is 3. The number of anilines is 2. The predicted octanol–water partition coefficient (Wildman–Crippen LogP) is 3.20. The molecule has 0 atom stereocenters. The van der Waals surface area contributed by atoms with Gasteiger partial charge in [-0.05, 0) is 36.8 Å². The van der Waals surface area contributed by atoms with Crippen molar-refractivity contribution in [1.29, 1.82) is 0 Å². The van der Waals surface area contributed by atoms with Gasteiger partial charge in [0.2, 0.25) is 0 Å². The molecule has 0 aromatic heterocycles. The van der Waals surface area contributed by atoms with Crippen LogP contribution >= 0.6 is 0 Å². The second kappa shape index (κ2) is 8.58. The third kappa shape index (κ3) is 5.13. The van der Waals surface area contributed by atoms with Gasteiger partial charge in [0.1, 0.15) is 12.4 Å². The summed E-state index contributed by atoms with van der Waals surface area (Å²) in [4.78, 5) is 22.8. The molecule has 0 aliphatic carbocycles. The molecule has 25 heavy (non-hydrogen) atoms. The first-order chi connectivity index (χ1) is 12.0. The van der Waals surface area contributed by atoms with E-state index in [1.54, 1.807) is 49.4 Å². The van der Waals surface area contributed by atoms with Gasteiger partial charge < -0.3 is 19.9 Å². The SMILES string of the molecule is CCOC(=O)Nc1ccc(OCc2ccc(C(=O)OC)cc2)cc1N. The first-order valence-electron chi connectivity index (χ1n) is 7.66. The largest absolute Gasteiger partial charge is 0.489 e. The molecule has 0 saturated carbocycles. The fourth-order valence-electron chi connectivity index (χ4n) is 2.04. The molecule has 1 amide bonds. The lowest BCUT2D eigenvalue weighted by Gasteiger charge is -2.11. The lowest BCUT2D eigenvalue weighted by molar-refractivity contribution is 0.0600. The maximum absolute atomic E-state index is 11.4. The van der Waals surface area contributed by atoms with Crippen LogP contribution in [-0.4, -0.2) is 25.8 Å². The van der Waals surface area contributed by atoms with Crippen LogP contribution in [0.3, 0.4) is 0 Å². The van der Waals surface area contributed by atoms with Gasteiger partial charge in [-0.1, -0.05) is 12.1 Å². The summed E-state index contributed by atoms with van der Waals surface area (Å²) >= 11 is 0. The molecule has 7 heteroatoms. The van der Waals surface area contributed by atoms with E-state index in [0.717, 1.165) is 5.56 Å². The normalized spacial score (nSPS) is 10.0. The van der Waals surface area contributed by atoms with Crippen LogP contribution in [0.2, 0.25) is 0 Å². The predicted molar refractivity (Wildman–Crippen MR) is 93.6 cm³/mol. The number of methoxy groups -OCH3 is 1. The quantitative estimate of drug-likeness (QED) is 0.616. The standard InChI is InChI=1S/C18H20N2O5/c1-3-24-18(22)20-16-9-8-14(10-15(16)19)25-11-12-4-6-13(7-5-12)17(21)23-2/h4-10H,3,11,19H2,1-2H3,(H,20,22). The zero-order valence-corrected chi connectivity index (χ0v) is 14.1. The molecule has 0 spiro atoms. The van der Waals surface area contributed by atoms with E-state index >= 15 is 0 Å². The second-order valence-electron chi connectivity index (χ2n) is 5.07. The second-order valence-corrected chi connectivity index (χ2v) is 5.07. The Morgan fingerprint density at radius 1 is 1.12 bits per heavy atom. The molecule has 0 heterocycles. The van der Waals surface area contributed by atoms with Crippen LogP contribution in [0.25, 0.3) is 0 Å². The number of hydrogen-bond donors (Lipinski definition) is 2. The molecular formula is C18H20N2O5. The molecule has 132 valence electrons. The van der Waals surface area contributed by atoms with Crippen LogP contribution < -0.4 is 15.8 Å². The highest BCUT2D eigenvalue weighted by Crippen LogP contribution is 2.25. The van der Waals surface area contributed by atoms with E-state index in [4.69, 9.17) is 15.2 Å². The summed E-state index contributed by atoms with van der Waals surface area (Å²) in [5.74, 6) is 0.175. The van der Waals surface area contributed by atoms with E-state index in [1.165, 1.54) is 7.11 Å². The number of nitrogens with two attached hydrogens (primary N) is 1. The van der Waals surface area contributed by atoms with Gasteiger partial charge in [-0.2, -0.15) is 0 Å². The summed E-state index contributed by atoms with van der Waals surface area (Å²) in [6.45, 7) is 2.31. The number of benzene rings is 2. The third-order valence-corrected chi connectivity index (χ3v) is 3.32. The van der Waals surface area contributed by atoms with Crippen molar-refractivity contribution in [3.05, 3.63) is 53.6 Å². The molecular weight excluding hydrogens is 324 g/mol. The Balaban J connectivity index is 1.95. The smallest absolute Gasteiger partial charge is 0.411 e. The average Bonchev–Trinajstić information content (AvgIpc) is 2.62. The summed E-state index contributed by atoms with van der Waals surface area (Å²) in [5, 5.41) is 2.55. The average molecular weight is 344 g/mol. The summed E-state index contributed by atoms with van der Waals surface area (Å²) < 4.78 is 15.1. The molecule has 0 unspecified atom stereocenters. The van der Waals surface area contributed by atoms with Crippen molar-refractivity contribution >= 4 is 23.4 Å². The van der Waals surface area contributed by atoms with Gasteiger partial charge >= 0.3 is 12.1 Å². The highest BCUT2D eigenvalue weighted by atomic mass is 16.5. The maximum atomic E-state index is 11.4. The number of carbonyl (C=O) groups is 2. The molecule has 0 aliphatic rings. The molecule has 3 N–H and O–H groups in total. The molecule has 2 aromatic carbocycles. The van der Waals surface area contributed by atoms with Gasteiger partial charge in [0.25, 0.3) is 0 Å². The minimum atomic E-state index is -0.562. The number of hydrogen-bond acceptors (Lipinski definition) is 6. The highest BCUT2D eigenvalue weighted by Gasteiger charge is 2.08. The molecule has 2 rings (SSSR count). The van der Waals surface area contributed by atoms with Gasteiger partial charge in [0.15, 0.2) is 0 Å². The van der Waals surface area contributed by atoms with Crippen molar-refractivity contribution < 1.29 is 23.8 Å². The molecule has 0 fully saturated rings. The van der Waals surface area contributed by atoms with Crippen LogP contribution in [0.4, 0.5) is 16.2 Å². The lowest BCUT2D eigenvalue weighted by atomic mass is 10.1. The maximum Gasteiger partial charge on any atom is 0.411 e. The first-order valence-corrected chi connectivity index (χ1v) is 7.66. The van der Waals surface area contributed by atoms with E-state index in [9.17, 15) is 9.59 Å². The summed E-state index contributed by atoms with van der Waals surface area (Å²) in [5.41, 5.74) is 8.09. The Hall–Kier alpha value is -3.22. The van der Waals surface area contributed by atoms with Crippen LogP contribution in [0.15, 0.2) is 42.5 Å². The fourth-order valence-corrected chi connectivity index (χ4v) is 2.04. The van der Waals surface area contributed by atoms with Crippen molar-refractivity contribution in [2.24, 2.45) is 0 Å². The summed E-state index contributed by atoms with van der Waals surface area (Å²) in [6, 6.07) is 11.9. The minimum Gasteiger partial charge on any atom is -0.489 e. The van der Waals surface area contributed by atoms with Crippen LogP contribution in [0.1, 0.15) is 22.8 Å². The van der Waals surface area contributed by atoms with Crippen molar-refractivity contribution in [1.82, 2.24) is 0 Å². The number of esters is 1. The Morgan fingerprint density at radius 3 is 2.44 bits per heavy atom. The molecule has 0 aliphatic heterocycles. The summed E-state index contributed by atoms with van der Waals surface area (Å²) in [6.07, 6.45) is -0.562.